The fraction of sp³-hybridized carbons (Fsp3) is 0.829. The summed E-state index contributed by atoms with van der Waals surface area (Å²) in [5, 5.41) is 9.20. The fourth-order valence-electron chi connectivity index (χ4n) is 4.94. The van der Waals surface area contributed by atoms with Gasteiger partial charge in [0.15, 0.2) is 0 Å². The van der Waals surface area contributed by atoms with Gasteiger partial charge in [0.05, 0.1) is 6.42 Å². The molecule has 0 fully saturated rings. The summed E-state index contributed by atoms with van der Waals surface area (Å²) in [5.74, 6) is -1.11. The highest BCUT2D eigenvalue weighted by Crippen LogP contribution is 2.16. The van der Waals surface area contributed by atoms with E-state index >= 15 is 0 Å². The van der Waals surface area contributed by atoms with E-state index < -0.39 is 12.1 Å². The van der Waals surface area contributed by atoms with Gasteiger partial charge >= 0.3 is 11.9 Å². The molecule has 0 bridgehead atoms. The van der Waals surface area contributed by atoms with Crippen LogP contribution in [0.15, 0.2) is 24.3 Å². The molecule has 0 aliphatic rings. The fourth-order valence-corrected chi connectivity index (χ4v) is 4.94. The van der Waals surface area contributed by atoms with Crippen molar-refractivity contribution in [3.05, 3.63) is 24.3 Å². The number of allylic oxidation sites excluding steroid dienone is 4. The van der Waals surface area contributed by atoms with Crippen LogP contribution in [0.3, 0.4) is 0 Å². The lowest BCUT2D eigenvalue weighted by Crippen LogP contribution is -2.21. The maximum Gasteiger partial charge on any atom is 0.307 e. The SMILES string of the molecule is CCCCC/C=C\C/C=C\CCCCCCCCC(=O)OC(CCCCCCCCCCCCC)CC(=O)O. The molecule has 0 amide bonds. The summed E-state index contributed by atoms with van der Waals surface area (Å²) in [6.07, 6.45) is 37.6. The Labute approximate surface area is 242 Å². The normalized spacial score (nSPS) is 12.5. The summed E-state index contributed by atoms with van der Waals surface area (Å²) < 4.78 is 5.55. The summed E-state index contributed by atoms with van der Waals surface area (Å²) in [4.78, 5) is 23.5. The average molecular weight is 549 g/mol. The van der Waals surface area contributed by atoms with Gasteiger partial charge in [-0.15, -0.1) is 0 Å². The Morgan fingerprint density at radius 1 is 0.590 bits per heavy atom. The van der Waals surface area contributed by atoms with E-state index in [-0.39, 0.29) is 12.4 Å². The van der Waals surface area contributed by atoms with Crippen molar-refractivity contribution in [1.82, 2.24) is 0 Å². The maximum atomic E-state index is 12.3. The molecule has 0 aromatic heterocycles. The molecule has 0 saturated heterocycles. The molecule has 0 saturated carbocycles. The topological polar surface area (TPSA) is 63.6 Å². The number of ether oxygens (including phenoxy) is 1. The molecule has 1 atom stereocenters. The molecular formula is C35H64O4. The Balaban J connectivity index is 3.70. The molecule has 0 radical (unpaired) electrons. The minimum absolute atomic E-state index is 0.0762. The quantitative estimate of drug-likeness (QED) is 0.0550. The minimum Gasteiger partial charge on any atom is -0.481 e. The van der Waals surface area contributed by atoms with Gasteiger partial charge in [-0.25, -0.2) is 0 Å². The summed E-state index contributed by atoms with van der Waals surface area (Å²) in [6, 6.07) is 0. The number of hydrogen-bond acceptors (Lipinski definition) is 3. The lowest BCUT2D eigenvalue weighted by Gasteiger charge is -2.16. The van der Waals surface area contributed by atoms with E-state index in [9.17, 15) is 14.7 Å². The molecule has 228 valence electrons. The number of hydrogen-bond donors (Lipinski definition) is 1. The van der Waals surface area contributed by atoms with Crippen molar-refractivity contribution in [2.24, 2.45) is 0 Å². The van der Waals surface area contributed by atoms with Crippen LogP contribution in [0.4, 0.5) is 0 Å². The van der Waals surface area contributed by atoms with Crippen molar-refractivity contribution in [1.29, 1.82) is 0 Å². The van der Waals surface area contributed by atoms with Gasteiger partial charge in [-0.3, -0.25) is 9.59 Å². The van der Waals surface area contributed by atoms with Crippen molar-refractivity contribution < 1.29 is 19.4 Å². The smallest absolute Gasteiger partial charge is 0.307 e. The predicted molar refractivity (Wildman–Crippen MR) is 167 cm³/mol. The van der Waals surface area contributed by atoms with Gasteiger partial charge in [-0.1, -0.05) is 141 Å². The van der Waals surface area contributed by atoms with Crippen LogP contribution in [0.1, 0.15) is 181 Å². The van der Waals surface area contributed by atoms with Crippen molar-refractivity contribution in [2.75, 3.05) is 0 Å². The van der Waals surface area contributed by atoms with Crippen LogP contribution in [0.2, 0.25) is 0 Å². The highest BCUT2D eigenvalue weighted by molar-refractivity contribution is 5.71. The van der Waals surface area contributed by atoms with Gasteiger partial charge in [0.25, 0.3) is 0 Å². The van der Waals surface area contributed by atoms with Gasteiger partial charge < -0.3 is 9.84 Å². The molecule has 1 unspecified atom stereocenters. The zero-order chi connectivity index (χ0) is 28.7. The molecule has 0 aromatic rings. The lowest BCUT2D eigenvalue weighted by atomic mass is 10.0. The number of unbranched alkanes of at least 4 members (excludes halogenated alkanes) is 19. The zero-order valence-electron chi connectivity index (χ0n) is 25.9. The van der Waals surface area contributed by atoms with Gasteiger partial charge in [-0.2, -0.15) is 0 Å². The number of aliphatic carboxylic acids is 1. The third-order valence-corrected chi connectivity index (χ3v) is 7.41. The minimum atomic E-state index is -0.885. The van der Waals surface area contributed by atoms with E-state index in [1.165, 1.54) is 103 Å². The summed E-state index contributed by atoms with van der Waals surface area (Å²) >= 11 is 0. The van der Waals surface area contributed by atoms with E-state index in [0.29, 0.717) is 12.8 Å². The number of carboxylic acid groups (broad SMARTS) is 1. The third-order valence-electron chi connectivity index (χ3n) is 7.41. The molecule has 0 aliphatic heterocycles. The number of carboxylic acids is 1. The Morgan fingerprint density at radius 3 is 1.56 bits per heavy atom. The zero-order valence-corrected chi connectivity index (χ0v) is 25.9. The Kier molecular flexibility index (Phi) is 29.7. The van der Waals surface area contributed by atoms with Crippen LogP contribution in [-0.4, -0.2) is 23.1 Å². The maximum absolute atomic E-state index is 12.3. The van der Waals surface area contributed by atoms with Crippen LogP contribution in [-0.2, 0) is 14.3 Å². The predicted octanol–water partition coefficient (Wildman–Crippen LogP) is 11.3. The molecule has 0 aromatic carbocycles. The van der Waals surface area contributed by atoms with Gasteiger partial charge in [0, 0.05) is 6.42 Å². The first-order chi connectivity index (χ1) is 19.1. The molecule has 1 N–H and O–H groups in total. The van der Waals surface area contributed by atoms with E-state index in [2.05, 4.69) is 38.2 Å². The van der Waals surface area contributed by atoms with Crippen LogP contribution < -0.4 is 0 Å². The molecule has 39 heavy (non-hydrogen) atoms. The first kappa shape index (κ1) is 37.4. The summed E-state index contributed by atoms with van der Waals surface area (Å²) in [7, 11) is 0. The second kappa shape index (κ2) is 31.0. The van der Waals surface area contributed by atoms with Gasteiger partial charge in [0.2, 0.25) is 0 Å². The van der Waals surface area contributed by atoms with Crippen LogP contribution >= 0.6 is 0 Å². The summed E-state index contributed by atoms with van der Waals surface area (Å²) in [5.41, 5.74) is 0. The number of rotatable bonds is 30. The van der Waals surface area contributed by atoms with E-state index in [1.807, 2.05) is 0 Å². The molecule has 0 aliphatic carbocycles. The standard InChI is InChI=1S/C35H64O4/c1-3-5-7-9-11-13-15-16-17-18-19-21-23-25-27-29-31-35(38)39-33(32-34(36)37)30-28-26-24-22-20-14-12-10-8-6-4-2/h11,13,16-17,33H,3-10,12,14-15,18-32H2,1-2H3,(H,36,37)/b13-11-,17-16-. The van der Waals surface area contributed by atoms with E-state index in [1.54, 1.807) is 0 Å². The molecule has 0 rings (SSSR count). The van der Waals surface area contributed by atoms with Crippen molar-refractivity contribution >= 4 is 11.9 Å². The second-order valence-electron chi connectivity index (χ2n) is 11.4. The monoisotopic (exact) mass is 548 g/mol. The van der Waals surface area contributed by atoms with Crippen LogP contribution in [0, 0.1) is 0 Å². The van der Waals surface area contributed by atoms with Crippen LogP contribution in [0.5, 0.6) is 0 Å². The lowest BCUT2D eigenvalue weighted by molar-refractivity contribution is -0.153. The Morgan fingerprint density at radius 2 is 1.03 bits per heavy atom. The average Bonchev–Trinajstić information content (AvgIpc) is 2.91. The largest absolute Gasteiger partial charge is 0.481 e. The van der Waals surface area contributed by atoms with Crippen LogP contribution in [0.25, 0.3) is 0 Å². The molecular weight excluding hydrogens is 484 g/mol. The van der Waals surface area contributed by atoms with Crippen molar-refractivity contribution in [3.8, 4) is 0 Å². The highest BCUT2D eigenvalue weighted by atomic mass is 16.5. The summed E-state index contributed by atoms with van der Waals surface area (Å²) in [6.45, 7) is 4.49. The Bertz CT molecular complexity index is 595. The molecule has 0 spiro atoms. The number of esters is 1. The second-order valence-corrected chi connectivity index (χ2v) is 11.4. The van der Waals surface area contributed by atoms with Crippen molar-refractivity contribution in [2.45, 2.75) is 187 Å². The Hall–Kier alpha value is -1.58. The number of carbonyl (C=O) groups excluding carboxylic acids is 1. The third kappa shape index (κ3) is 30.8. The van der Waals surface area contributed by atoms with Crippen molar-refractivity contribution in [3.63, 3.8) is 0 Å². The first-order valence-electron chi connectivity index (χ1n) is 16.8. The van der Waals surface area contributed by atoms with Gasteiger partial charge in [-0.05, 0) is 51.4 Å². The molecule has 4 heteroatoms. The van der Waals surface area contributed by atoms with E-state index in [4.69, 9.17) is 4.74 Å². The first-order valence-corrected chi connectivity index (χ1v) is 16.8. The van der Waals surface area contributed by atoms with E-state index in [0.717, 1.165) is 44.9 Å². The number of carbonyl (C=O) groups is 2. The molecule has 4 nitrogen and oxygen atoms in total. The van der Waals surface area contributed by atoms with Gasteiger partial charge in [0.1, 0.15) is 6.10 Å². The molecule has 0 heterocycles. The highest BCUT2D eigenvalue weighted by Gasteiger charge is 2.17.